The number of anilines is 1. The second kappa shape index (κ2) is 7.73. The average molecular weight is 360 g/mol. The first-order valence-corrected chi connectivity index (χ1v) is 9.19. The molecule has 1 fully saturated rings. The molecule has 1 radical (unpaired) electrons. The normalized spacial score (nSPS) is 18.4. The number of hydrogen-bond donors (Lipinski definition) is 0. The molecule has 1 aliphatic heterocycles. The largest absolute Gasteiger partial charge is 0.416 e. The third-order valence-electron chi connectivity index (χ3n) is 5.10. The van der Waals surface area contributed by atoms with Gasteiger partial charge in [-0.2, -0.15) is 13.2 Å². The molecule has 2 aromatic rings. The second-order valence-electron chi connectivity index (χ2n) is 7.31. The quantitative estimate of drug-likeness (QED) is 0.623. The number of benzene rings is 2. The van der Waals surface area contributed by atoms with Gasteiger partial charge in [0, 0.05) is 18.3 Å². The van der Waals surface area contributed by atoms with Gasteiger partial charge < -0.3 is 4.90 Å². The van der Waals surface area contributed by atoms with Crippen LogP contribution in [0.1, 0.15) is 49.3 Å². The Bertz CT molecular complexity index is 702. The maximum absolute atomic E-state index is 12.7. The van der Waals surface area contributed by atoms with Gasteiger partial charge in [0.25, 0.3) is 0 Å². The molecule has 1 heterocycles. The summed E-state index contributed by atoms with van der Waals surface area (Å²) in [5.74, 6) is 0.502. The molecule has 2 aromatic carbocycles. The fraction of sp³-hybridized carbons (Fsp3) is 0.409. The summed E-state index contributed by atoms with van der Waals surface area (Å²) in [4.78, 5) is 2.39. The lowest BCUT2D eigenvalue weighted by atomic mass is 9.94. The Morgan fingerprint density at radius 1 is 1.00 bits per heavy atom. The second-order valence-corrected chi connectivity index (χ2v) is 7.31. The molecule has 1 aliphatic rings. The molecule has 3 rings (SSSR count). The van der Waals surface area contributed by atoms with Crippen LogP contribution in [-0.2, 0) is 12.6 Å². The highest BCUT2D eigenvalue weighted by molar-refractivity contribution is 5.50. The van der Waals surface area contributed by atoms with Crippen molar-refractivity contribution in [3.63, 3.8) is 0 Å². The van der Waals surface area contributed by atoms with Crippen molar-refractivity contribution >= 4 is 5.69 Å². The molecule has 0 bridgehead atoms. The zero-order valence-electron chi connectivity index (χ0n) is 15.3. The molecular weight excluding hydrogens is 335 g/mol. The summed E-state index contributed by atoms with van der Waals surface area (Å²) in [6.07, 6.45) is 0.748. The van der Waals surface area contributed by atoms with E-state index in [9.17, 15) is 13.2 Å². The van der Waals surface area contributed by atoms with E-state index in [1.54, 1.807) is 12.1 Å². The van der Waals surface area contributed by atoms with Crippen molar-refractivity contribution in [3.8, 4) is 0 Å². The van der Waals surface area contributed by atoms with Gasteiger partial charge in [-0.3, -0.25) is 0 Å². The van der Waals surface area contributed by atoms with E-state index in [1.807, 2.05) is 0 Å². The first-order valence-electron chi connectivity index (χ1n) is 9.19. The third kappa shape index (κ3) is 4.40. The maximum atomic E-state index is 12.7. The van der Waals surface area contributed by atoms with Gasteiger partial charge >= 0.3 is 6.18 Å². The summed E-state index contributed by atoms with van der Waals surface area (Å²) in [6.45, 7) is 5.31. The molecule has 0 unspecified atom stereocenters. The molecule has 1 saturated heterocycles. The van der Waals surface area contributed by atoms with E-state index in [2.05, 4.69) is 49.4 Å². The minimum Gasteiger partial charge on any atom is -0.368 e. The van der Waals surface area contributed by atoms with Crippen LogP contribution in [0.3, 0.4) is 0 Å². The van der Waals surface area contributed by atoms with E-state index in [1.165, 1.54) is 23.4 Å². The summed E-state index contributed by atoms with van der Waals surface area (Å²) in [6, 6.07) is 14.6. The molecule has 4 heteroatoms. The Balaban J connectivity index is 1.74. The van der Waals surface area contributed by atoms with Crippen molar-refractivity contribution in [1.82, 2.24) is 0 Å². The molecule has 1 atom stereocenters. The highest BCUT2D eigenvalue weighted by Crippen LogP contribution is 2.31. The molecule has 139 valence electrons. The van der Waals surface area contributed by atoms with E-state index >= 15 is 0 Å². The Morgan fingerprint density at radius 3 is 2.23 bits per heavy atom. The SMILES string of the molecule is CC(C)c1ccc(N2CC[CH]C[C@@H]2Cc2ccc(C(F)(F)F)cc2)cc1. The van der Waals surface area contributed by atoms with Gasteiger partial charge in [-0.15, -0.1) is 0 Å². The van der Waals surface area contributed by atoms with Crippen LogP contribution in [0, 0.1) is 6.42 Å². The average Bonchev–Trinajstić information content (AvgIpc) is 2.62. The van der Waals surface area contributed by atoms with E-state index in [-0.39, 0.29) is 6.04 Å². The zero-order valence-corrected chi connectivity index (χ0v) is 15.3. The summed E-state index contributed by atoms with van der Waals surface area (Å²) >= 11 is 0. The monoisotopic (exact) mass is 360 g/mol. The highest BCUT2D eigenvalue weighted by atomic mass is 19.4. The van der Waals surface area contributed by atoms with Gasteiger partial charge in [-0.1, -0.05) is 38.1 Å². The van der Waals surface area contributed by atoms with Gasteiger partial charge in [0.2, 0.25) is 0 Å². The summed E-state index contributed by atoms with van der Waals surface area (Å²) in [5, 5.41) is 0. The van der Waals surface area contributed by atoms with Crippen LogP contribution in [0.2, 0.25) is 0 Å². The van der Waals surface area contributed by atoms with Crippen molar-refractivity contribution < 1.29 is 13.2 Å². The minimum atomic E-state index is -4.28. The van der Waals surface area contributed by atoms with Gasteiger partial charge in [0.15, 0.2) is 0 Å². The molecule has 0 aliphatic carbocycles. The van der Waals surface area contributed by atoms with E-state index in [0.717, 1.165) is 31.4 Å². The molecule has 1 nitrogen and oxygen atoms in total. The lowest BCUT2D eigenvalue weighted by Gasteiger charge is -2.38. The van der Waals surface area contributed by atoms with Crippen molar-refractivity contribution in [2.45, 2.75) is 51.2 Å². The first-order chi connectivity index (χ1) is 12.3. The predicted octanol–water partition coefficient (Wildman–Crippen LogP) is 6.24. The number of nitrogens with zero attached hydrogens (tertiary/aromatic N) is 1. The molecule has 0 amide bonds. The van der Waals surface area contributed by atoms with Crippen molar-refractivity contribution in [1.29, 1.82) is 0 Å². The maximum Gasteiger partial charge on any atom is 0.416 e. The van der Waals surface area contributed by atoms with Crippen LogP contribution in [0.25, 0.3) is 0 Å². The van der Waals surface area contributed by atoms with Crippen molar-refractivity contribution in [2.75, 3.05) is 11.4 Å². The number of alkyl halides is 3. The van der Waals surface area contributed by atoms with E-state index in [4.69, 9.17) is 0 Å². The number of piperidine rings is 1. The van der Waals surface area contributed by atoms with Crippen LogP contribution in [0.5, 0.6) is 0 Å². The summed E-state index contributed by atoms with van der Waals surface area (Å²) in [7, 11) is 0. The van der Waals surface area contributed by atoms with Gasteiger partial charge in [0.1, 0.15) is 0 Å². The van der Waals surface area contributed by atoms with Gasteiger partial charge in [0.05, 0.1) is 5.56 Å². The molecule has 26 heavy (non-hydrogen) atoms. The fourth-order valence-corrected chi connectivity index (χ4v) is 3.54. The zero-order chi connectivity index (χ0) is 18.7. The minimum absolute atomic E-state index is 0.283. The molecule has 0 spiro atoms. The first kappa shape index (κ1) is 18.8. The smallest absolute Gasteiger partial charge is 0.368 e. The topological polar surface area (TPSA) is 3.24 Å². The molecule has 0 saturated carbocycles. The summed E-state index contributed by atoms with van der Waals surface area (Å²) in [5.41, 5.74) is 2.87. The van der Waals surface area contributed by atoms with Crippen LogP contribution < -0.4 is 4.90 Å². The van der Waals surface area contributed by atoms with E-state index in [0.29, 0.717) is 5.92 Å². The van der Waals surface area contributed by atoms with Crippen LogP contribution in [0.15, 0.2) is 48.5 Å². The predicted molar refractivity (Wildman–Crippen MR) is 100 cm³/mol. The summed E-state index contributed by atoms with van der Waals surface area (Å²) < 4.78 is 38.2. The lowest BCUT2D eigenvalue weighted by Crippen LogP contribution is -2.41. The Morgan fingerprint density at radius 2 is 1.65 bits per heavy atom. The van der Waals surface area contributed by atoms with Crippen LogP contribution >= 0.6 is 0 Å². The lowest BCUT2D eigenvalue weighted by molar-refractivity contribution is -0.137. The van der Waals surface area contributed by atoms with Gasteiger partial charge in [-0.05, 0) is 67.0 Å². The Kier molecular flexibility index (Phi) is 5.59. The van der Waals surface area contributed by atoms with Gasteiger partial charge in [-0.25, -0.2) is 0 Å². The number of halogens is 3. The molecule has 0 N–H and O–H groups in total. The van der Waals surface area contributed by atoms with Crippen molar-refractivity contribution in [2.24, 2.45) is 0 Å². The van der Waals surface area contributed by atoms with Crippen LogP contribution in [-0.4, -0.2) is 12.6 Å². The number of hydrogen-bond acceptors (Lipinski definition) is 1. The van der Waals surface area contributed by atoms with Crippen LogP contribution in [0.4, 0.5) is 18.9 Å². The third-order valence-corrected chi connectivity index (χ3v) is 5.10. The molecule has 0 aromatic heterocycles. The fourth-order valence-electron chi connectivity index (χ4n) is 3.54. The van der Waals surface area contributed by atoms with Crippen molar-refractivity contribution in [3.05, 3.63) is 71.6 Å². The molecular formula is C22H25F3N. The Hall–Kier alpha value is -1.97. The Labute approximate surface area is 153 Å². The number of rotatable bonds is 4. The van der Waals surface area contributed by atoms with E-state index < -0.39 is 11.7 Å². The standard InChI is InChI=1S/C22H25F3N/c1-16(2)18-8-12-20(13-9-18)26-14-4-3-5-21(26)15-17-6-10-19(11-7-17)22(23,24)25/h3,6-13,16,21H,4-5,14-15H2,1-2H3/t21-/m1/s1. The highest BCUT2D eigenvalue weighted by Gasteiger charge is 2.30.